The summed E-state index contributed by atoms with van der Waals surface area (Å²) in [5, 5.41) is 2.61. The van der Waals surface area contributed by atoms with Gasteiger partial charge >= 0.3 is 5.97 Å². The minimum Gasteiger partial charge on any atom is -0.452 e. The summed E-state index contributed by atoms with van der Waals surface area (Å²) in [5.41, 5.74) is 2.89. The number of rotatable bonds is 8. The molecule has 0 aromatic heterocycles. The molecule has 1 N–H and O–H groups in total. The summed E-state index contributed by atoms with van der Waals surface area (Å²) >= 11 is 0. The van der Waals surface area contributed by atoms with Crippen LogP contribution in [0.2, 0.25) is 0 Å². The van der Waals surface area contributed by atoms with Gasteiger partial charge in [0.25, 0.3) is 5.91 Å². The van der Waals surface area contributed by atoms with E-state index >= 15 is 0 Å². The van der Waals surface area contributed by atoms with Gasteiger partial charge in [0.05, 0.1) is 6.04 Å². The largest absolute Gasteiger partial charge is 0.452 e. The molecule has 2 aromatic rings. The normalized spacial score (nSPS) is 11.8. The number of nitrogens with one attached hydrogen (secondary N) is 1. The Morgan fingerprint density at radius 1 is 1.07 bits per heavy atom. The van der Waals surface area contributed by atoms with Crippen molar-refractivity contribution >= 4 is 23.7 Å². The van der Waals surface area contributed by atoms with Gasteiger partial charge in [0.15, 0.2) is 12.4 Å². The van der Waals surface area contributed by atoms with Gasteiger partial charge in [0.2, 0.25) is 0 Å². The summed E-state index contributed by atoms with van der Waals surface area (Å²) < 4.78 is 4.94. The molecule has 2 rings (SSSR count). The predicted octanol–water partition coefficient (Wildman–Crippen LogP) is 2.87. The number of ketones is 1. The molecule has 0 fully saturated rings. The lowest BCUT2D eigenvalue weighted by molar-refractivity contribution is -0.144. The van der Waals surface area contributed by atoms with Crippen molar-refractivity contribution in [2.24, 2.45) is 0 Å². The van der Waals surface area contributed by atoms with Gasteiger partial charge in [-0.05, 0) is 37.5 Å². The van der Waals surface area contributed by atoms with Crippen molar-refractivity contribution in [2.75, 3.05) is 6.61 Å². The zero-order chi connectivity index (χ0) is 19.6. The molecule has 0 bridgehead atoms. The van der Waals surface area contributed by atoms with E-state index in [0.29, 0.717) is 6.42 Å². The summed E-state index contributed by atoms with van der Waals surface area (Å²) in [6, 6.07) is 16.4. The van der Waals surface area contributed by atoms with Crippen molar-refractivity contribution in [3.8, 4) is 0 Å². The van der Waals surface area contributed by atoms with Gasteiger partial charge in [0, 0.05) is 6.08 Å². The van der Waals surface area contributed by atoms with Crippen LogP contribution in [0.25, 0.3) is 6.08 Å². The molecule has 5 heteroatoms. The molecule has 2 aromatic carbocycles. The molecule has 0 aliphatic heterocycles. The third kappa shape index (κ3) is 7.28. The summed E-state index contributed by atoms with van der Waals surface area (Å²) in [6.07, 6.45) is 3.29. The van der Waals surface area contributed by atoms with Crippen molar-refractivity contribution < 1.29 is 19.1 Å². The predicted molar refractivity (Wildman–Crippen MR) is 104 cm³/mol. The summed E-state index contributed by atoms with van der Waals surface area (Å²) in [4.78, 5) is 35.5. The molecule has 0 aliphatic carbocycles. The van der Waals surface area contributed by atoms with E-state index < -0.39 is 24.5 Å². The van der Waals surface area contributed by atoms with E-state index in [1.807, 2.05) is 61.5 Å². The second-order valence-electron chi connectivity index (χ2n) is 6.28. The van der Waals surface area contributed by atoms with E-state index in [0.717, 1.165) is 16.7 Å². The Hall–Kier alpha value is -3.21. The second kappa shape index (κ2) is 10.1. The maximum Gasteiger partial charge on any atom is 0.331 e. The molecule has 0 saturated heterocycles. The molecular weight excluding hydrogens is 342 g/mol. The van der Waals surface area contributed by atoms with Gasteiger partial charge in [-0.25, -0.2) is 4.79 Å². The fourth-order valence-electron chi connectivity index (χ4n) is 2.51. The van der Waals surface area contributed by atoms with Gasteiger partial charge in [-0.2, -0.15) is 0 Å². The van der Waals surface area contributed by atoms with Gasteiger partial charge in [-0.1, -0.05) is 60.2 Å². The number of amides is 1. The number of hydrogen-bond acceptors (Lipinski definition) is 4. The highest BCUT2D eigenvalue weighted by atomic mass is 16.5. The summed E-state index contributed by atoms with van der Waals surface area (Å²) in [6.45, 7) is 2.95. The van der Waals surface area contributed by atoms with E-state index in [4.69, 9.17) is 4.74 Å². The quantitative estimate of drug-likeness (QED) is 0.577. The number of benzene rings is 2. The minimum absolute atomic E-state index is 0.155. The molecule has 0 heterocycles. The molecule has 0 saturated carbocycles. The standard InChI is InChI=1S/C22H23NO4/c1-16-7-6-10-19(13-16)11-12-22(26)27-15-21(25)23-20(17(2)24)14-18-8-4-3-5-9-18/h3-13,20H,14-15H2,1-2H3,(H,23,25)/b12-11+/t20-/m0/s1. The highest BCUT2D eigenvalue weighted by Crippen LogP contribution is 2.06. The zero-order valence-electron chi connectivity index (χ0n) is 15.5. The van der Waals surface area contributed by atoms with E-state index in [1.54, 1.807) is 6.08 Å². The summed E-state index contributed by atoms with van der Waals surface area (Å²) in [7, 11) is 0. The molecule has 0 radical (unpaired) electrons. The van der Waals surface area contributed by atoms with Crippen molar-refractivity contribution in [2.45, 2.75) is 26.3 Å². The maximum atomic E-state index is 12.0. The van der Waals surface area contributed by atoms with Crippen molar-refractivity contribution in [1.29, 1.82) is 0 Å². The third-order valence-electron chi connectivity index (χ3n) is 3.91. The molecule has 27 heavy (non-hydrogen) atoms. The number of carbonyl (C=O) groups is 3. The maximum absolute atomic E-state index is 12.0. The van der Waals surface area contributed by atoms with Crippen LogP contribution in [0.15, 0.2) is 60.7 Å². The minimum atomic E-state index is -0.651. The third-order valence-corrected chi connectivity index (χ3v) is 3.91. The Morgan fingerprint density at radius 3 is 2.48 bits per heavy atom. The molecule has 1 atom stereocenters. The van der Waals surface area contributed by atoms with Gasteiger partial charge in [0.1, 0.15) is 0 Å². The zero-order valence-corrected chi connectivity index (χ0v) is 15.5. The number of hydrogen-bond donors (Lipinski definition) is 1. The first-order chi connectivity index (χ1) is 12.9. The number of aryl methyl sites for hydroxylation is 1. The topological polar surface area (TPSA) is 72.5 Å². The van der Waals surface area contributed by atoms with Crippen molar-refractivity contribution in [3.05, 3.63) is 77.4 Å². The number of Topliss-reactive ketones (excluding diaryl/α,β-unsaturated/α-hetero) is 1. The average Bonchev–Trinajstić information content (AvgIpc) is 2.65. The van der Waals surface area contributed by atoms with Crippen LogP contribution in [0, 0.1) is 6.92 Å². The fraction of sp³-hybridized carbons (Fsp3) is 0.227. The summed E-state index contributed by atoms with van der Waals surface area (Å²) in [5.74, 6) is -1.28. The van der Waals surface area contributed by atoms with Crippen LogP contribution >= 0.6 is 0 Å². The van der Waals surface area contributed by atoms with Gasteiger partial charge in [-0.3, -0.25) is 9.59 Å². The van der Waals surface area contributed by atoms with Crippen LogP contribution in [0.3, 0.4) is 0 Å². The Bertz CT molecular complexity index is 827. The molecule has 140 valence electrons. The van der Waals surface area contributed by atoms with Crippen LogP contribution in [0.5, 0.6) is 0 Å². The Kier molecular flexibility index (Phi) is 7.49. The van der Waals surface area contributed by atoms with Crippen LogP contribution in [0.1, 0.15) is 23.6 Å². The first-order valence-electron chi connectivity index (χ1n) is 8.69. The van der Waals surface area contributed by atoms with Gasteiger partial charge in [-0.15, -0.1) is 0 Å². The SMILES string of the molecule is CC(=O)[C@H](Cc1ccccc1)NC(=O)COC(=O)/C=C/c1cccc(C)c1. The second-order valence-corrected chi connectivity index (χ2v) is 6.28. The molecule has 5 nitrogen and oxygen atoms in total. The van der Waals surface area contributed by atoms with Crippen molar-refractivity contribution in [1.82, 2.24) is 5.32 Å². The first-order valence-corrected chi connectivity index (χ1v) is 8.69. The number of carbonyl (C=O) groups excluding carboxylic acids is 3. The lowest BCUT2D eigenvalue weighted by atomic mass is 10.0. The highest BCUT2D eigenvalue weighted by Gasteiger charge is 2.18. The smallest absolute Gasteiger partial charge is 0.331 e. The fourth-order valence-corrected chi connectivity index (χ4v) is 2.51. The van der Waals surface area contributed by atoms with Crippen LogP contribution < -0.4 is 5.32 Å². The van der Waals surface area contributed by atoms with Gasteiger partial charge < -0.3 is 10.1 Å². The lowest BCUT2D eigenvalue weighted by Crippen LogP contribution is -2.43. The lowest BCUT2D eigenvalue weighted by Gasteiger charge is -2.16. The monoisotopic (exact) mass is 365 g/mol. The molecular formula is C22H23NO4. The number of ether oxygens (including phenoxy) is 1. The first kappa shape index (κ1) is 20.1. The Balaban J connectivity index is 1.82. The Labute approximate surface area is 159 Å². The molecule has 0 spiro atoms. The molecule has 1 amide bonds. The van der Waals surface area contributed by atoms with Crippen LogP contribution in [-0.2, 0) is 25.5 Å². The number of esters is 1. The van der Waals surface area contributed by atoms with E-state index in [-0.39, 0.29) is 5.78 Å². The van der Waals surface area contributed by atoms with E-state index in [2.05, 4.69) is 5.32 Å². The van der Waals surface area contributed by atoms with E-state index in [1.165, 1.54) is 13.0 Å². The molecule has 0 unspecified atom stereocenters. The highest BCUT2D eigenvalue weighted by molar-refractivity contribution is 5.91. The van der Waals surface area contributed by atoms with Crippen LogP contribution in [-0.4, -0.2) is 30.3 Å². The van der Waals surface area contributed by atoms with E-state index in [9.17, 15) is 14.4 Å². The Morgan fingerprint density at radius 2 is 1.81 bits per heavy atom. The van der Waals surface area contributed by atoms with Crippen molar-refractivity contribution in [3.63, 3.8) is 0 Å². The average molecular weight is 365 g/mol. The molecule has 0 aliphatic rings. The van der Waals surface area contributed by atoms with Crippen LogP contribution in [0.4, 0.5) is 0 Å².